The lowest BCUT2D eigenvalue weighted by Crippen LogP contribution is -2.49. The molecule has 0 bridgehead atoms. The zero-order valence-electron chi connectivity index (χ0n) is 13.5. The second kappa shape index (κ2) is 7.25. The van der Waals surface area contributed by atoms with Crippen LogP contribution in [0.2, 0.25) is 5.02 Å². The van der Waals surface area contributed by atoms with Crippen molar-refractivity contribution < 1.29 is 18.5 Å². The van der Waals surface area contributed by atoms with E-state index in [1.54, 1.807) is 9.80 Å². The van der Waals surface area contributed by atoms with Crippen LogP contribution in [-0.4, -0.2) is 41.9 Å². The maximum Gasteiger partial charge on any atom is 0.295 e. The summed E-state index contributed by atoms with van der Waals surface area (Å²) in [5, 5.41) is 11.2. The highest BCUT2D eigenvalue weighted by atomic mass is 35.5. The molecule has 0 N–H and O–H groups in total. The highest BCUT2D eigenvalue weighted by Gasteiger charge is 2.27. The van der Waals surface area contributed by atoms with E-state index >= 15 is 0 Å². The first-order valence-electron chi connectivity index (χ1n) is 7.80. The first kappa shape index (κ1) is 18.1. The monoisotopic (exact) mass is 381 g/mol. The fraction of sp³-hybridized carbons (Fsp3) is 0.235. The molecule has 1 aliphatic heterocycles. The van der Waals surface area contributed by atoms with Crippen LogP contribution in [0.3, 0.4) is 0 Å². The molecule has 0 radical (unpaired) electrons. The highest BCUT2D eigenvalue weighted by Crippen LogP contribution is 2.30. The molecule has 2 aromatic carbocycles. The van der Waals surface area contributed by atoms with Crippen molar-refractivity contribution in [3.8, 4) is 0 Å². The Hall–Kier alpha value is -2.74. The summed E-state index contributed by atoms with van der Waals surface area (Å²) in [5.41, 5.74) is 0.198. The van der Waals surface area contributed by atoms with Gasteiger partial charge in [0.2, 0.25) is 0 Å². The lowest BCUT2D eigenvalue weighted by Gasteiger charge is -2.36. The predicted octanol–water partition coefficient (Wildman–Crippen LogP) is 3.49. The molecule has 0 atom stereocenters. The number of carbonyl (C=O) groups excluding carboxylic acids is 1. The van der Waals surface area contributed by atoms with Crippen LogP contribution in [0.5, 0.6) is 0 Å². The van der Waals surface area contributed by atoms with Crippen LogP contribution in [0.15, 0.2) is 36.4 Å². The van der Waals surface area contributed by atoms with E-state index in [2.05, 4.69) is 0 Å². The van der Waals surface area contributed by atoms with E-state index < -0.39 is 16.6 Å². The molecule has 1 saturated heterocycles. The lowest BCUT2D eigenvalue weighted by molar-refractivity contribution is -0.384. The van der Waals surface area contributed by atoms with Gasteiger partial charge in [-0.1, -0.05) is 11.6 Å². The van der Waals surface area contributed by atoms with Gasteiger partial charge < -0.3 is 9.80 Å². The molecule has 0 saturated carbocycles. The Labute approximate surface area is 152 Å². The summed E-state index contributed by atoms with van der Waals surface area (Å²) in [7, 11) is 0. The van der Waals surface area contributed by atoms with E-state index in [9.17, 15) is 23.7 Å². The van der Waals surface area contributed by atoms with Gasteiger partial charge in [-0.15, -0.1) is 0 Å². The van der Waals surface area contributed by atoms with Crippen molar-refractivity contribution in [1.82, 2.24) is 4.90 Å². The van der Waals surface area contributed by atoms with E-state index in [0.29, 0.717) is 31.9 Å². The normalized spacial score (nSPS) is 14.4. The molecule has 9 heteroatoms. The molecule has 2 aromatic rings. The Morgan fingerprint density at radius 1 is 1.04 bits per heavy atom. The zero-order chi connectivity index (χ0) is 18.8. The Morgan fingerprint density at radius 3 is 2.27 bits per heavy atom. The second-order valence-corrected chi connectivity index (χ2v) is 6.20. The largest absolute Gasteiger partial charge is 0.362 e. The van der Waals surface area contributed by atoms with E-state index in [1.807, 2.05) is 0 Å². The van der Waals surface area contributed by atoms with E-state index in [0.717, 1.165) is 24.3 Å². The second-order valence-electron chi connectivity index (χ2n) is 5.79. The topological polar surface area (TPSA) is 66.7 Å². The fourth-order valence-corrected chi connectivity index (χ4v) is 3.14. The molecule has 26 heavy (non-hydrogen) atoms. The van der Waals surface area contributed by atoms with Gasteiger partial charge in [-0.3, -0.25) is 14.9 Å². The molecule has 0 aliphatic carbocycles. The van der Waals surface area contributed by atoms with Crippen molar-refractivity contribution in [1.29, 1.82) is 0 Å². The standard InChI is InChI=1S/C17H14ClF2N3O3/c18-14-9-11(19)1-3-13(14)17(24)22-7-5-21(6-8-22)15-4-2-12(20)10-16(15)23(25)26/h1-4,9-10H,5-8H2. The minimum Gasteiger partial charge on any atom is -0.362 e. The average molecular weight is 382 g/mol. The van der Waals surface area contributed by atoms with Crippen LogP contribution in [0.1, 0.15) is 10.4 Å². The number of anilines is 1. The number of rotatable bonds is 3. The van der Waals surface area contributed by atoms with Crippen LogP contribution in [0, 0.1) is 21.7 Å². The summed E-state index contributed by atoms with van der Waals surface area (Å²) < 4.78 is 26.4. The molecular formula is C17H14ClF2N3O3. The van der Waals surface area contributed by atoms with Crippen molar-refractivity contribution in [3.63, 3.8) is 0 Å². The maximum absolute atomic E-state index is 13.3. The van der Waals surface area contributed by atoms with Crippen molar-refractivity contribution in [3.05, 3.63) is 68.7 Å². The first-order chi connectivity index (χ1) is 12.4. The summed E-state index contributed by atoms with van der Waals surface area (Å²) in [6, 6.07) is 6.98. The predicted molar refractivity (Wildman–Crippen MR) is 92.6 cm³/mol. The van der Waals surface area contributed by atoms with Gasteiger partial charge in [0.1, 0.15) is 17.3 Å². The number of piperazine rings is 1. The summed E-state index contributed by atoms with van der Waals surface area (Å²) in [5.74, 6) is -1.54. The zero-order valence-corrected chi connectivity index (χ0v) is 14.2. The molecule has 1 heterocycles. The third-order valence-electron chi connectivity index (χ3n) is 4.20. The molecule has 136 valence electrons. The van der Waals surface area contributed by atoms with Crippen LogP contribution in [-0.2, 0) is 0 Å². The Morgan fingerprint density at radius 2 is 1.65 bits per heavy atom. The van der Waals surface area contributed by atoms with Crippen molar-refractivity contribution in [2.45, 2.75) is 0 Å². The molecule has 0 aromatic heterocycles. The quantitative estimate of drug-likeness (QED) is 0.603. The van der Waals surface area contributed by atoms with Gasteiger partial charge in [-0.25, -0.2) is 8.78 Å². The summed E-state index contributed by atoms with van der Waals surface area (Å²) in [6.45, 7) is 1.30. The minimum atomic E-state index is -0.680. The molecule has 1 aliphatic rings. The average Bonchev–Trinajstić information content (AvgIpc) is 2.61. The van der Waals surface area contributed by atoms with Gasteiger partial charge in [0.25, 0.3) is 11.6 Å². The maximum atomic E-state index is 13.3. The number of carbonyl (C=O) groups is 1. The van der Waals surface area contributed by atoms with Crippen LogP contribution < -0.4 is 4.90 Å². The van der Waals surface area contributed by atoms with Crippen LogP contribution in [0.4, 0.5) is 20.2 Å². The van der Waals surface area contributed by atoms with E-state index in [-0.39, 0.29) is 22.2 Å². The smallest absolute Gasteiger partial charge is 0.295 e. The van der Waals surface area contributed by atoms with E-state index in [4.69, 9.17) is 11.6 Å². The fourth-order valence-electron chi connectivity index (χ4n) is 2.89. The lowest BCUT2D eigenvalue weighted by atomic mass is 10.1. The van der Waals surface area contributed by atoms with Crippen molar-refractivity contribution in [2.24, 2.45) is 0 Å². The van der Waals surface area contributed by atoms with Gasteiger partial charge in [0, 0.05) is 26.2 Å². The summed E-state index contributed by atoms with van der Waals surface area (Å²) >= 11 is 5.93. The molecule has 1 amide bonds. The first-order valence-corrected chi connectivity index (χ1v) is 8.18. The van der Waals surface area contributed by atoms with Crippen molar-refractivity contribution >= 4 is 28.9 Å². The number of benzene rings is 2. The molecule has 0 spiro atoms. The number of hydrogen-bond donors (Lipinski definition) is 0. The molecule has 1 fully saturated rings. The highest BCUT2D eigenvalue weighted by molar-refractivity contribution is 6.33. The Kier molecular flexibility index (Phi) is 5.03. The van der Waals surface area contributed by atoms with Crippen LogP contribution >= 0.6 is 11.6 Å². The minimum absolute atomic E-state index is 0.0339. The molecule has 3 rings (SSSR count). The Balaban J connectivity index is 1.73. The van der Waals surface area contributed by atoms with Gasteiger partial charge in [-0.2, -0.15) is 0 Å². The number of halogens is 3. The summed E-state index contributed by atoms with van der Waals surface area (Å²) in [6.07, 6.45) is 0. The van der Waals surface area contributed by atoms with Gasteiger partial charge in [-0.05, 0) is 30.3 Å². The molecular weight excluding hydrogens is 368 g/mol. The van der Waals surface area contributed by atoms with Gasteiger partial charge in [0.05, 0.1) is 21.6 Å². The Bertz CT molecular complexity index is 870. The van der Waals surface area contributed by atoms with Gasteiger partial charge >= 0.3 is 0 Å². The third kappa shape index (κ3) is 3.60. The number of nitro benzene ring substituents is 1. The number of nitrogens with zero attached hydrogens (tertiary/aromatic N) is 3. The number of nitro groups is 1. The van der Waals surface area contributed by atoms with E-state index in [1.165, 1.54) is 12.1 Å². The summed E-state index contributed by atoms with van der Waals surface area (Å²) in [4.78, 5) is 26.3. The van der Waals surface area contributed by atoms with Gasteiger partial charge in [0.15, 0.2) is 0 Å². The third-order valence-corrected chi connectivity index (χ3v) is 4.52. The number of hydrogen-bond acceptors (Lipinski definition) is 4. The van der Waals surface area contributed by atoms with Crippen molar-refractivity contribution in [2.75, 3.05) is 31.1 Å². The van der Waals surface area contributed by atoms with Crippen LogP contribution in [0.25, 0.3) is 0 Å². The molecule has 0 unspecified atom stereocenters. The molecule has 6 nitrogen and oxygen atoms in total. The SMILES string of the molecule is O=C(c1ccc(F)cc1Cl)N1CCN(c2ccc(F)cc2[N+](=O)[O-])CC1. The number of amides is 1.